The van der Waals surface area contributed by atoms with Crippen molar-refractivity contribution in [3.63, 3.8) is 0 Å². The summed E-state index contributed by atoms with van der Waals surface area (Å²) in [5.74, 6) is 1.23. The van der Waals surface area contributed by atoms with Crippen LogP contribution in [0.3, 0.4) is 0 Å². The number of nitrogens with zero attached hydrogens (tertiary/aromatic N) is 2. The summed E-state index contributed by atoms with van der Waals surface area (Å²) in [5.41, 5.74) is 3.74. The summed E-state index contributed by atoms with van der Waals surface area (Å²) in [5, 5.41) is 2.52. The van der Waals surface area contributed by atoms with Gasteiger partial charge in [0.2, 0.25) is 0 Å². The number of carbonyl (C=O) groups excluding carboxylic acids is 1. The predicted molar refractivity (Wildman–Crippen MR) is 107 cm³/mol. The summed E-state index contributed by atoms with van der Waals surface area (Å²) in [6, 6.07) is 5.67. The van der Waals surface area contributed by atoms with Crippen LogP contribution < -0.4 is 15.8 Å². The smallest absolute Gasteiger partial charge is 0.425 e. The number of carbonyl (C=O) groups is 1. The predicted octanol–water partition coefficient (Wildman–Crippen LogP) is 3.37. The number of ether oxygens (including phenoxy) is 2. The number of hydrogen-bond donors (Lipinski definition) is 2. The van der Waals surface area contributed by atoms with Crippen LogP contribution in [0.25, 0.3) is 0 Å². The van der Waals surface area contributed by atoms with Crippen LogP contribution in [0.4, 0.5) is 23.2 Å². The van der Waals surface area contributed by atoms with Crippen molar-refractivity contribution < 1.29 is 31.8 Å². The minimum Gasteiger partial charge on any atom is -0.479 e. The van der Waals surface area contributed by atoms with Crippen molar-refractivity contribution in [1.82, 2.24) is 4.98 Å². The van der Waals surface area contributed by atoms with Crippen molar-refractivity contribution >= 4 is 17.6 Å². The number of alkyl halides is 3. The number of hydrogen-bond acceptors (Lipinski definition) is 6. The molecule has 2 unspecified atom stereocenters. The first-order chi connectivity index (χ1) is 15.0. The van der Waals surface area contributed by atoms with Crippen LogP contribution in [0.1, 0.15) is 29.4 Å². The van der Waals surface area contributed by atoms with Gasteiger partial charge in [-0.25, -0.2) is 14.4 Å². The maximum Gasteiger partial charge on any atom is 0.425 e. The SMILES string of the molecule is C#CCOc1ccc(C(=O)Nc2ccc(F)c(C3(C)CC(C(F)(F)F)OC(N)=N3)c2)nc1. The first kappa shape index (κ1) is 22.9. The molecule has 1 amide bonds. The van der Waals surface area contributed by atoms with Crippen molar-refractivity contribution in [3.8, 4) is 18.1 Å². The van der Waals surface area contributed by atoms with Gasteiger partial charge in [0.1, 0.15) is 23.9 Å². The molecule has 3 rings (SSSR count). The summed E-state index contributed by atoms with van der Waals surface area (Å²) in [6.07, 6.45) is -1.25. The van der Waals surface area contributed by atoms with E-state index in [1.807, 2.05) is 0 Å². The minimum atomic E-state index is -4.72. The van der Waals surface area contributed by atoms with Gasteiger partial charge in [0.25, 0.3) is 11.9 Å². The molecule has 2 aromatic rings. The quantitative estimate of drug-likeness (QED) is 0.538. The van der Waals surface area contributed by atoms with Crippen molar-refractivity contribution in [2.75, 3.05) is 11.9 Å². The summed E-state index contributed by atoms with van der Waals surface area (Å²) in [6.45, 7) is 1.35. The largest absolute Gasteiger partial charge is 0.479 e. The number of amides is 1. The van der Waals surface area contributed by atoms with E-state index in [1.165, 1.54) is 37.4 Å². The number of rotatable bonds is 5. The zero-order valence-electron chi connectivity index (χ0n) is 16.7. The second-order valence-corrected chi connectivity index (χ2v) is 7.10. The number of anilines is 1. The van der Waals surface area contributed by atoms with E-state index in [0.717, 1.165) is 6.07 Å². The molecule has 0 aliphatic carbocycles. The Morgan fingerprint density at radius 1 is 1.41 bits per heavy atom. The minimum absolute atomic E-state index is 0.0283. The standard InChI is InChI=1S/C21H18F4N4O3/c1-3-8-31-13-5-7-16(27-11-13)18(30)28-12-4-6-15(22)14(9-12)20(2)10-17(21(23,24)25)32-19(26)29-20/h1,4-7,9,11,17H,8,10H2,2H3,(H2,26,29)(H,28,30). The zero-order valence-corrected chi connectivity index (χ0v) is 16.7. The molecular formula is C21H18F4N4O3. The Morgan fingerprint density at radius 3 is 2.78 bits per heavy atom. The van der Waals surface area contributed by atoms with E-state index in [1.54, 1.807) is 0 Å². The van der Waals surface area contributed by atoms with Gasteiger partial charge in [-0.1, -0.05) is 5.92 Å². The van der Waals surface area contributed by atoms with Crippen LogP contribution in [0.5, 0.6) is 5.75 Å². The first-order valence-corrected chi connectivity index (χ1v) is 9.24. The molecule has 168 valence electrons. The van der Waals surface area contributed by atoms with Gasteiger partial charge < -0.3 is 20.5 Å². The molecule has 11 heteroatoms. The second-order valence-electron chi connectivity index (χ2n) is 7.10. The van der Waals surface area contributed by atoms with E-state index in [2.05, 4.69) is 26.0 Å². The number of amidine groups is 1. The summed E-state index contributed by atoms with van der Waals surface area (Å²) < 4.78 is 63.9. The summed E-state index contributed by atoms with van der Waals surface area (Å²) in [7, 11) is 0. The third-order valence-corrected chi connectivity index (χ3v) is 4.66. The second kappa shape index (κ2) is 8.74. The fourth-order valence-electron chi connectivity index (χ4n) is 3.15. The normalized spacial score (nSPS) is 20.5. The molecule has 2 atom stereocenters. The highest BCUT2D eigenvalue weighted by Gasteiger charge is 2.50. The van der Waals surface area contributed by atoms with Gasteiger partial charge in [0.05, 0.1) is 11.7 Å². The van der Waals surface area contributed by atoms with Crippen LogP contribution in [0.15, 0.2) is 41.5 Å². The van der Waals surface area contributed by atoms with Crippen LogP contribution in [-0.2, 0) is 10.3 Å². The van der Waals surface area contributed by atoms with Crippen molar-refractivity contribution in [1.29, 1.82) is 0 Å². The maximum absolute atomic E-state index is 14.6. The first-order valence-electron chi connectivity index (χ1n) is 9.24. The van der Waals surface area contributed by atoms with Gasteiger partial charge in [-0.15, -0.1) is 6.42 Å². The molecule has 32 heavy (non-hydrogen) atoms. The Morgan fingerprint density at radius 2 is 2.16 bits per heavy atom. The fourth-order valence-corrected chi connectivity index (χ4v) is 3.15. The lowest BCUT2D eigenvalue weighted by molar-refractivity contribution is -0.208. The highest BCUT2D eigenvalue weighted by atomic mass is 19.4. The van der Waals surface area contributed by atoms with Gasteiger partial charge in [-0.3, -0.25) is 4.79 Å². The van der Waals surface area contributed by atoms with Crippen molar-refractivity contribution in [2.24, 2.45) is 10.7 Å². The van der Waals surface area contributed by atoms with E-state index < -0.39 is 42.0 Å². The number of aromatic nitrogens is 1. The van der Waals surface area contributed by atoms with E-state index in [0.29, 0.717) is 5.75 Å². The molecular weight excluding hydrogens is 432 g/mol. The number of aliphatic imine (C=N–C) groups is 1. The number of halogens is 4. The average molecular weight is 450 g/mol. The summed E-state index contributed by atoms with van der Waals surface area (Å²) >= 11 is 0. The molecule has 1 aliphatic heterocycles. The molecule has 0 bridgehead atoms. The number of pyridine rings is 1. The molecule has 1 aromatic heterocycles. The zero-order chi connectivity index (χ0) is 23.5. The molecule has 0 radical (unpaired) electrons. The topological polar surface area (TPSA) is 98.8 Å². The fraction of sp³-hybridized carbons (Fsp3) is 0.286. The third-order valence-electron chi connectivity index (χ3n) is 4.66. The van der Waals surface area contributed by atoms with Crippen LogP contribution in [0.2, 0.25) is 0 Å². The lowest BCUT2D eigenvalue weighted by Gasteiger charge is -2.36. The van der Waals surface area contributed by atoms with Crippen LogP contribution in [-0.4, -0.2) is 35.8 Å². The molecule has 2 heterocycles. The monoisotopic (exact) mass is 450 g/mol. The third kappa shape index (κ3) is 5.08. The van der Waals surface area contributed by atoms with Gasteiger partial charge >= 0.3 is 6.18 Å². The van der Waals surface area contributed by atoms with Crippen LogP contribution >= 0.6 is 0 Å². The summed E-state index contributed by atoms with van der Waals surface area (Å²) in [4.78, 5) is 20.3. The van der Waals surface area contributed by atoms with Gasteiger partial charge in [-0.05, 0) is 37.3 Å². The average Bonchev–Trinajstić information content (AvgIpc) is 2.72. The molecule has 1 aromatic carbocycles. The van der Waals surface area contributed by atoms with E-state index in [-0.39, 0.29) is 23.6 Å². The van der Waals surface area contributed by atoms with Crippen LogP contribution in [0, 0.1) is 18.2 Å². The molecule has 3 N–H and O–H groups in total. The highest BCUT2D eigenvalue weighted by Crippen LogP contribution is 2.41. The van der Waals surface area contributed by atoms with E-state index in [9.17, 15) is 22.4 Å². The van der Waals surface area contributed by atoms with Crippen molar-refractivity contribution in [3.05, 3.63) is 53.6 Å². The van der Waals surface area contributed by atoms with Gasteiger partial charge in [-0.2, -0.15) is 13.2 Å². The highest BCUT2D eigenvalue weighted by molar-refractivity contribution is 6.02. The Balaban J connectivity index is 1.83. The Labute approximate surface area is 180 Å². The van der Waals surface area contributed by atoms with Crippen molar-refractivity contribution in [2.45, 2.75) is 31.2 Å². The van der Waals surface area contributed by atoms with Gasteiger partial charge in [0, 0.05) is 17.7 Å². The van der Waals surface area contributed by atoms with Gasteiger partial charge in [0.15, 0.2) is 6.10 Å². The molecule has 0 saturated carbocycles. The Bertz CT molecular complexity index is 1080. The lowest BCUT2D eigenvalue weighted by atomic mass is 9.85. The molecule has 7 nitrogen and oxygen atoms in total. The Hall–Kier alpha value is -3.81. The Kier molecular flexibility index (Phi) is 6.25. The maximum atomic E-state index is 14.6. The number of nitrogens with one attached hydrogen (secondary N) is 1. The molecule has 0 spiro atoms. The number of benzene rings is 1. The number of nitrogens with two attached hydrogens (primary N) is 1. The number of terminal acetylenes is 1. The lowest BCUT2D eigenvalue weighted by Crippen LogP contribution is -2.46. The van der Waals surface area contributed by atoms with E-state index in [4.69, 9.17) is 16.9 Å². The molecule has 1 aliphatic rings. The van der Waals surface area contributed by atoms with E-state index >= 15 is 0 Å². The molecule has 0 fully saturated rings. The molecule has 0 saturated heterocycles.